The molecule has 6 heteroatoms. The van der Waals surface area contributed by atoms with Crippen molar-refractivity contribution in [3.8, 4) is 5.69 Å². The van der Waals surface area contributed by atoms with E-state index in [0.717, 1.165) is 29.2 Å². The summed E-state index contributed by atoms with van der Waals surface area (Å²) in [6, 6.07) is 19.1. The number of hydrogen-bond acceptors (Lipinski definition) is 4. The van der Waals surface area contributed by atoms with E-state index < -0.39 is 11.6 Å². The van der Waals surface area contributed by atoms with E-state index in [4.69, 9.17) is 0 Å². The molecule has 3 N–H and O–H groups in total. The Kier molecular flexibility index (Phi) is 5.22. The maximum absolute atomic E-state index is 13.1. The van der Waals surface area contributed by atoms with Gasteiger partial charge in [-0.25, -0.2) is 4.68 Å². The molecule has 1 aromatic heterocycles. The van der Waals surface area contributed by atoms with Gasteiger partial charge in [-0.2, -0.15) is 5.10 Å². The summed E-state index contributed by atoms with van der Waals surface area (Å²) in [6.07, 6.45) is -0.0927. The summed E-state index contributed by atoms with van der Waals surface area (Å²) in [7, 11) is 0. The normalized spacial score (nSPS) is 21.7. The van der Waals surface area contributed by atoms with E-state index in [2.05, 4.69) is 15.7 Å². The van der Waals surface area contributed by atoms with Crippen molar-refractivity contribution in [2.24, 2.45) is 0 Å². The molecule has 3 aromatic rings. The van der Waals surface area contributed by atoms with E-state index >= 15 is 0 Å². The molecule has 1 aliphatic rings. The third-order valence-corrected chi connectivity index (χ3v) is 5.61. The number of nitrogens with zero attached hydrogens (tertiary/aromatic N) is 2. The van der Waals surface area contributed by atoms with Gasteiger partial charge in [-0.05, 0) is 62.7 Å². The molecule has 0 aliphatic carbocycles. The average molecular weight is 390 g/mol. The molecule has 0 spiro atoms. The molecular formula is C23H26N4O2. The predicted molar refractivity (Wildman–Crippen MR) is 112 cm³/mol. The monoisotopic (exact) mass is 390 g/mol. The number of hydrogen-bond donors (Lipinski definition) is 3. The molecule has 0 unspecified atom stereocenters. The Morgan fingerprint density at radius 2 is 1.90 bits per heavy atom. The van der Waals surface area contributed by atoms with E-state index in [1.807, 2.05) is 67.1 Å². The Morgan fingerprint density at radius 3 is 2.52 bits per heavy atom. The molecule has 150 valence electrons. The smallest absolute Gasteiger partial charge is 0.252 e. The van der Waals surface area contributed by atoms with Gasteiger partial charge in [0.1, 0.15) is 0 Å². The second-order valence-corrected chi connectivity index (χ2v) is 7.65. The van der Waals surface area contributed by atoms with Gasteiger partial charge in [0, 0.05) is 17.8 Å². The highest BCUT2D eigenvalue weighted by molar-refractivity contribution is 5.95. The Balaban J connectivity index is 1.61. The van der Waals surface area contributed by atoms with Crippen LogP contribution in [0.25, 0.3) is 5.69 Å². The van der Waals surface area contributed by atoms with Crippen LogP contribution < -0.4 is 10.6 Å². The van der Waals surface area contributed by atoms with Crippen molar-refractivity contribution in [1.82, 2.24) is 20.4 Å². The zero-order valence-electron chi connectivity index (χ0n) is 16.7. The highest BCUT2D eigenvalue weighted by Crippen LogP contribution is 2.31. The van der Waals surface area contributed by atoms with Crippen LogP contribution in [0.3, 0.4) is 0 Å². The Labute approximate surface area is 170 Å². The van der Waals surface area contributed by atoms with Crippen LogP contribution in [0, 0.1) is 13.8 Å². The highest BCUT2D eigenvalue weighted by atomic mass is 16.3. The van der Waals surface area contributed by atoms with E-state index in [9.17, 15) is 9.90 Å². The summed E-state index contributed by atoms with van der Waals surface area (Å²) in [5.74, 6) is -0.199. The maximum atomic E-state index is 13.1. The van der Waals surface area contributed by atoms with Gasteiger partial charge in [0.2, 0.25) is 0 Å². The zero-order chi connectivity index (χ0) is 20.4. The van der Waals surface area contributed by atoms with Gasteiger partial charge >= 0.3 is 0 Å². The first kappa shape index (κ1) is 19.4. The summed E-state index contributed by atoms with van der Waals surface area (Å²) >= 11 is 0. The number of aryl methyl sites for hydroxylation is 2. The molecule has 1 amide bonds. The van der Waals surface area contributed by atoms with Crippen LogP contribution in [0.5, 0.6) is 0 Å². The Bertz CT molecular complexity index is 997. The molecule has 2 aromatic carbocycles. The lowest BCUT2D eigenvalue weighted by Crippen LogP contribution is -2.61. The highest BCUT2D eigenvalue weighted by Gasteiger charge is 2.42. The third-order valence-electron chi connectivity index (χ3n) is 5.61. The molecule has 0 saturated carbocycles. The van der Waals surface area contributed by atoms with Crippen molar-refractivity contribution in [1.29, 1.82) is 0 Å². The minimum Gasteiger partial charge on any atom is -0.389 e. The summed E-state index contributed by atoms with van der Waals surface area (Å²) < 4.78 is 1.86. The van der Waals surface area contributed by atoms with Crippen molar-refractivity contribution >= 4 is 5.91 Å². The van der Waals surface area contributed by atoms with E-state index in [-0.39, 0.29) is 5.91 Å². The number of carbonyl (C=O) groups excluding carboxylic acids is 1. The molecule has 1 saturated heterocycles. The van der Waals surface area contributed by atoms with E-state index in [1.165, 1.54) is 0 Å². The first-order chi connectivity index (χ1) is 14.0. The van der Waals surface area contributed by atoms with Gasteiger partial charge in [0.25, 0.3) is 5.91 Å². The van der Waals surface area contributed by atoms with Crippen LogP contribution in [-0.4, -0.2) is 40.0 Å². The van der Waals surface area contributed by atoms with Gasteiger partial charge in [0.05, 0.1) is 23.0 Å². The van der Waals surface area contributed by atoms with Crippen LogP contribution in [-0.2, 0) is 5.54 Å². The van der Waals surface area contributed by atoms with E-state index in [0.29, 0.717) is 18.5 Å². The molecule has 0 radical (unpaired) electrons. The minimum absolute atomic E-state index is 0.199. The lowest BCUT2D eigenvalue weighted by molar-refractivity contribution is 0.0289. The largest absolute Gasteiger partial charge is 0.389 e. The first-order valence-electron chi connectivity index (χ1n) is 9.90. The molecule has 1 aliphatic heterocycles. The second kappa shape index (κ2) is 7.81. The molecule has 0 bridgehead atoms. The van der Waals surface area contributed by atoms with Crippen LogP contribution in [0.1, 0.15) is 33.7 Å². The number of β-amino-alcohol motifs (C(OH)–C–C–N with tert-alkyl or cyclic N) is 1. The topological polar surface area (TPSA) is 79.2 Å². The Hall–Kier alpha value is -2.96. The van der Waals surface area contributed by atoms with Crippen LogP contribution >= 0.6 is 0 Å². The van der Waals surface area contributed by atoms with E-state index in [1.54, 1.807) is 12.1 Å². The first-order valence-corrected chi connectivity index (χ1v) is 9.90. The zero-order valence-corrected chi connectivity index (χ0v) is 16.7. The van der Waals surface area contributed by atoms with Gasteiger partial charge < -0.3 is 15.7 Å². The Morgan fingerprint density at radius 1 is 1.17 bits per heavy atom. The van der Waals surface area contributed by atoms with Crippen molar-refractivity contribution in [2.75, 3.05) is 13.1 Å². The number of rotatable bonds is 4. The fourth-order valence-electron chi connectivity index (χ4n) is 4.07. The number of piperidine rings is 1. The quantitative estimate of drug-likeness (QED) is 0.639. The number of aliphatic hydroxyl groups is 1. The maximum Gasteiger partial charge on any atom is 0.252 e. The molecule has 2 heterocycles. The molecule has 2 atom stereocenters. The molecule has 1 fully saturated rings. The van der Waals surface area contributed by atoms with Crippen molar-refractivity contribution < 1.29 is 9.90 Å². The summed E-state index contributed by atoms with van der Waals surface area (Å²) in [6.45, 7) is 5.12. The lowest BCUT2D eigenvalue weighted by atomic mass is 9.79. The van der Waals surface area contributed by atoms with Crippen molar-refractivity contribution in [3.05, 3.63) is 83.2 Å². The molecule has 4 rings (SSSR count). The number of carbonyl (C=O) groups is 1. The average Bonchev–Trinajstić information content (AvgIpc) is 3.08. The fraction of sp³-hybridized carbons (Fsp3) is 0.304. The van der Waals surface area contributed by atoms with Crippen LogP contribution in [0.4, 0.5) is 0 Å². The minimum atomic E-state index is -0.808. The standard InChI is InChI=1S/C23H26N4O2/c1-16-14-17(2)27(26-16)20-10-8-18(9-11-20)22(29)25-23(12-13-24-15-21(23)28)19-6-4-3-5-7-19/h3-11,14,21,24,28H,12-13,15H2,1-2H3,(H,25,29)/t21-,23+/m1/s1. The number of benzene rings is 2. The van der Waals surface area contributed by atoms with Crippen molar-refractivity contribution in [3.63, 3.8) is 0 Å². The number of nitrogens with one attached hydrogen (secondary N) is 2. The summed E-state index contributed by atoms with van der Waals surface area (Å²) in [4.78, 5) is 13.1. The van der Waals surface area contributed by atoms with Gasteiger partial charge in [0.15, 0.2) is 0 Å². The lowest BCUT2D eigenvalue weighted by Gasteiger charge is -2.43. The van der Waals surface area contributed by atoms with Gasteiger partial charge in [-0.3, -0.25) is 4.79 Å². The van der Waals surface area contributed by atoms with Gasteiger partial charge in [-0.1, -0.05) is 30.3 Å². The molecule has 29 heavy (non-hydrogen) atoms. The third kappa shape index (κ3) is 3.69. The molecule has 6 nitrogen and oxygen atoms in total. The number of aromatic nitrogens is 2. The van der Waals surface area contributed by atoms with Crippen LogP contribution in [0.15, 0.2) is 60.7 Å². The fourth-order valence-corrected chi connectivity index (χ4v) is 4.07. The predicted octanol–water partition coefficient (Wildman–Crippen LogP) is 2.47. The molecular weight excluding hydrogens is 364 g/mol. The van der Waals surface area contributed by atoms with Crippen molar-refractivity contribution in [2.45, 2.75) is 31.9 Å². The SMILES string of the molecule is Cc1cc(C)n(-c2ccc(C(=O)N[C@]3(c4ccccc4)CCNC[C@H]3O)cc2)n1. The summed E-state index contributed by atoms with van der Waals surface area (Å²) in [5, 5.41) is 21.6. The summed E-state index contributed by atoms with van der Waals surface area (Å²) in [5.41, 5.74) is 3.57. The second-order valence-electron chi connectivity index (χ2n) is 7.65. The van der Waals surface area contributed by atoms with Crippen LogP contribution in [0.2, 0.25) is 0 Å². The van der Waals surface area contributed by atoms with Gasteiger partial charge in [-0.15, -0.1) is 0 Å². The number of aliphatic hydroxyl groups excluding tert-OH is 1. The number of amides is 1.